The molecule has 0 saturated carbocycles. The minimum Gasteiger partial charge on any atom is -0.497 e. The van der Waals surface area contributed by atoms with Gasteiger partial charge in [-0.2, -0.15) is 4.31 Å². The summed E-state index contributed by atoms with van der Waals surface area (Å²) in [6.45, 7) is 7.00. The molecule has 0 bridgehead atoms. The Labute approximate surface area is 166 Å². The van der Waals surface area contributed by atoms with Gasteiger partial charge in [-0.05, 0) is 51.1 Å². The third-order valence-corrected chi connectivity index (χ3v) is 6.99. The zero-order valence-corrected chi connectivity index (χ0v) is 17.4. The number of hydrogen-bond donors (Lipinski definition) is 0. The van der Waals surface area contributed by atoms with E-state index in [1.165, 1.54) is 4.31 Å². The van der Waals surface area contributed by atoms with Crippen LogP contribution in [0.15, 0.2) is 33.7 Å². The first kappa shape index (κ1) is 20.6. The average Bonchev–Trinajstić information content (AvgIpc) is 2.88. The monoisotopic (exact) mass is 409 g/mol. The van der Waals surface area contributed by atoms with Gasteiger partial charge in [-0.3, -0.25) is 4.90 Å². The fraction of sp³-hybridized carbons (Fsp3) is 0.526. The van der Waals surface area contributed by atoms with E-state index >= 15 is 0 Å². The predicted octanol–water partition coefficient (Wildman–Crippen LogP) is 2.08. The fourth-order valence-electron chi connectivity index (χ4n) is 3.35. The maximum absolute atomic E-state index is 13.0. The van der Waals surface area contributed by atoms with Crippen molar-refractivity contribution in [3.63, 3.8) is 0 Å². The first-order chi connectivity index (χ1) is 13.4. The van der Waals surface area contributed by atoms with Gasteiger partial charge in [0.2, 0.25) is 10.0 Å². The summed E-state index contributed by atoms with van der Waals surface area (Å²) in [4.78, 5) is 2.43. The highest BCUT2D eigenvalue weighted by atomic mass is 32.2. The van der Waals surface area contributed by atoms with Crippen LogP contribution in [-0.4, -0.2) is 69.2 Å². The van der Waals surface area contributed by atoms with Crippen LogP contribution in [0.2, 0.25) is 0 Å². The van der Waals surface area contributed by atoms with Crippen molar-refractivity contribution in [3.8, 4) is 11.5 Å². The van der Waals surface area contributed by atoms with E-state index in [2.05, 4.69) is 10.1 Å². The van der Waals surface area contributed by atoms with E-state index in [9.17, 15) is 8.42 Å². The molecular formula is C19H27N3O5S. The van der Waals surface area contributed by atoms with Gasteiger partial charge in [0.1, 0.15) is 28.7 Å². The smallest absolute Gasteiger partial charge is 0.248 e. The van der Waals surface area contributed by atoms with E-state index in [1.807, 2.05) is 24.3 Å². The van der Waals surface area contributed by atoms with Gasteiger partial charge in [0.15, 0.2) is 5.76 Å². The highest BCUT2D eigenvalue weighted by Gasteiger charge is 2.32. The van der Waals surface area contributed by atoms with Crippen molar-refractivity contribution in [2.75, 3.05) is 46.4 Å². The summed E-state index contributed by atoms with van der Waals surface area (Å²) in [6, 6.07) is 7.47. The standard InChI is InChI=1S/C19H27N3O5S/c1-15-19(16(2)27-20-15)28(23,24)22-10-4-9-21(11-12-22)13-14-26-18-7-5-17(25-3)6-8-18/h5-8H,4,9-14H2,1-3H3. The minimum absolute atomic E-state index is 0.198. The summed E-state index contributed by atoms with van der Waals surface area (Å²) in [5.74, 6) is 1.92. The Morgan fingerprint density at radius 3 is 2.43 bits per heavy atom. The van der Waals surface area contributed by atoms with Crippen molar-refractivity contribution >= 4 is 10.0 Å². The Morgan fingerprint density at radius 2 is 1.79 bits per heavy atom. The highest BCUT2D eigenvalue weighted by molar-refractivity contribution is 7.89. The Bertz CT molecular complexity index is 860. The number of aromatic nitrogens is 1. The SMILES string of the molecule is COc1ccc(OCCN2CCCN(S(=O)(=O)c3c(C)noc3C)CC2)cc1. The van der Waals surface area contributed by atoms with E-state index in [-0.39, 0.29) is 4.90 Å². The number of aryl methyl sites for hydroxylation is 2. The van der Waals surface area contributed by atoms with Gasteiger partial charge in [0, 0.05) is 26.2 Å². The molecule has 0 spiro atoms. The molecule has 0 amide bonds. The summed E-state index contributed by atoms with van der Waals surface area (Å²) in [7, 11) is -1.96. The number of nitrogens with zero attached hydrogens (tertiary/aromatic N) is 3. The molecule has 1 saturated heterocycles. The molecule has 0 aliphatic carbocycles. The largest absolute Gasteiger partial charge is 0.497 e. The Kier molecular flexibility index (Phi) is 6.58. The molecular weight excluding hydrogens is 382 g/mol. The van der Waals surface area contributed by atoms with Crippen LogP contribution in [0.25, 0.3) is 0 Å². The molecule has 1 aromatic heterocycles. The van der Waals surface area contributed by atoms with Crippen molar-refractivity contribution in [1.29, 1.82) is 0 Å². The Balaban J connectivity index is 1.53. The molecule has 8 nitrogen and oxygen atoms in total. The molecule has 0 atom stereocenters. The molecule has 1 aromatic carbocycles. The van der Waals surface area contributed by atoms with Crippen molar-refractivity contribution in [1.82, 2.24) is 14.4 Å². The van der Waals surface area contributed by atoms with E-state index in [4.69, 9.17) is 14.0 Å². The van der Waals surface area contributed by atoms with E-state index in [1.54, 1.807) is 21.0 Å². The molecule has 3 rings (SSSR count). The van der Waals surface area contributed by atoms with Crippen LogP contribution in [0, 0.1) is 13.8 Å². The Morgan fingerprint density at radius 1 is 1.07 bits per heavy atom. The van der Waals surface area contributed by atoms with Crippen LogP contribution >= 0.6 is 0 Å². The summed E-state index contributed by atoms with van der Waals surface area (Å²) in [5, 5.41) is 3.78. The lowest BCUT2D eigenvalue weighted by atomic mass is 10.3. The second-order valence-electron chi connectivity index (χ2n) is 6.78. The third-order valence-electron chi connectivity index (χ3n) is 4.85. The van der Waals surface area contributed by atoms with Crippen LogP contribution in [0.1, 0.15) is 17.9 Å². The van der Waals surface area contributed by atoms with E-state index in [0.717, 1.165) is 31.0 Å². The number of sulfonamides is 1. The van der Waals surface area contributed by atoms with Crippen LogP contribution in [-0.2, 0) is 10.0 Å². The molecule has 28 heavy (non-hydrogen) atoms. The van der Waals surface area contributed by atoms with Gasteiger partial charge in [0.05, 0.1) is 7.11 Å². The zero-order valence-electron chi connectivity index (χ0n) is 16.6. The van der Waals surface area contributed by atoms with Crippen LogP contribution in [0.5, 0.6) is 11.5 Å². The topological polar surface area (TPSA) is 85.1 Å². The van der Waals surface area contributed by atoms with Crippen LogP contribution in [0.4, 0.5) is 0 Å². The lowest BCUT2D eigenvalue weighted by Gasteiger charge is -2.21. The first-order valence-electron chi connectivity index (χ1n) is 9.34. The molecule has 2 aromatic rings. The zero-order chi connectivity index (χ0) is 20.1. The summed E-state index contributed by atoms with van der Waals surface area (Å²) < 4.78 is 43.4. The Hall–Kier alpha value is -2.10. The van der Waals surface area contributed by atoms with Crippen molar-refractivity contribution < 1.29 is 22.4 Å². The average molecular weight is 410 g/mol. The molecule has 2 heterocycles. The van der Waals surface area contributed by atoms with Gasteiger partial charge in [-0.1, -0.05) is 5.16 Å². The molecule has 1 aliphatic rings. The molecule has 1 aliphatic heterocycles. The maximum atomic E-state index is 13.0. The molecule has 154 valence electrons. The maximum Gasteiger partial charge on any atom is 0.248 e. The van der Waals surface area contributed by atoms with Crippen LogP contribution in [0.3, 0.4) is 0 Å². The van der Waals surface area contributed by atoms with Crippen molar-refractivity contribution in [2.45, 2.75) is 25.2 Å². The second kappa shape index (κ2) is 8.93. The van der Waals surface area contributed by atoms with Gasteiger partial charge in [-0.15, -0.1) is 0 Å². The fourth-order valence-corrected chi connectivity index (χ4v) is 5.11. The van der Waals surface area contributed by atoms with Crippen molar-refractivity contribution in [2.24, 2.45) is 0 Å². The van der Waals surface area contributed by atoms with Gasteiger partial charge >= 0.3 is 0 Å². The number of hydrogen-bond acceptors (Lipinski definition) is 7. The highest BCUT2D eigenvalue weighted by Crippen LogP contribution is 2.24. The predicted molar refractivity (Wildman–Crippen MR) is 104 cm³/mol. The van der Waals surface area contributed by atoms with Gasteiger partial charge in [-0.25, -0.2) is 8.42 Å². The second-order valence-corrected chi connectivity index (χ2v) is 8.65. The lowest BCUT2D eigenvalue weighted by Crippen LogP contribution is -2.36. The van der Waals surface area contributed by atoms with Gasteiger partial charge < -0.3 is 14.0 Å². The summed E-state index contributed by atoms with van der Waals surface area (Å²) >= 11 is 0. The molecule has 0 N–H and O–H groups in total. The normalized spacial score (nSPS) is 16.7. The lowest BCUT2D eigenvalue weighted by molar-refractivity contribution is 0.215. The van der Waals surface area contributed by atoms with E-state index in [0.29, 0.717) is 37.7 Å². The number of rotatable bonds is 7. The third kappa shape index (κ3) is 4.65. The molecule has 0 unspecified atom stereocenters. The van der Waals surface area contributed by atoms with E-state index < -0.39 is 10.0 Å². The number of methoxy groups -OCH3 is 1. The van der Waals surface area contributed by atoms with Crippen molar-refractivity contribution in [3.05, 3.63) is 35.7 Å². The molecule has 1 fully saturated rings. The number of benzene rings is 1. The summed E-state index contributed by atoms with van der Waals surface area (Å²) in [5.41, 5.74) is 0.409. The minimum atomic E-state index is -3.59. The van der Waals surface area contributed by atoms with Crippen LogP contribution < -0.4 is 9.47 Å². The van der Waals surface area contributed by atoms with Gasteiger partial charge in [0.25, 0.3) is 0 Å². The molecule has 0 radical (unpaired) electrons. The summed E-state index contributed by atoms with van der Waals surface area (Å²) in [6.07, 6.45) is 0.769. The number of ether oxygens (including phenoxy) is 2. The molecule has 9 heteroatoms. The quantitative estimate of drug-likeness (QED) is 0.692. The first-order valence-corrected chi connectivity index (χ1v) is 10.8.